The molecule has 0 spiro atoms. The maximum atomic E-state index is 11.9. The van der Waals surface area contributed by atoms with Crippen molar-refractivity contribution in [1.82, 2.24) is 4.90 Å². The van der Waals surface area contributed by atoms with Crippen molar-refractivity contribution in [3.8, 4) is 0 Å². The van der Waals surface area contributed by atoms with Crippen LogP contribution in [0.15, 0.2) is 0 Å². The van der Waals surface area contributed by atoms with Crippen molar-refractivity contribution in [2.45, 2.75) is 52.6 Å². The Balaban J connectivity index is 2.44. The van der Waals surface area contributed by atoms with Gasteiger partial charge in [-0.05, 0) is 53.1 Å². The van der Waals surface area contributed by atoms with Gasteiger partial charge in [-0.2, -0.15) is 0 Å². The van der Waals surface area contributed by atoms with E-state index in [1.165, 1.54) is 0 Å². The molecule has 94 valence electrons. The van der Waals surface area contributed by atoms with E-state index in [4.69, 9.17) is 4.74 Å². The van der Waals surface area contributed by atoms with E-state index >= 15 is 0 Å². The van der Waals surface area contributed by atoms with Crippen LogP contribution in [-0.2, 0) is 9.53 Å². The van der Waals surface area contributed by atoms with Gasteiger partial charge < -0.3 is 9.64 Å². The number of nitrogens with zero attached hydrogens (tertiary/aromatic N) is 1. The highest BCUT2D eigenvalue weighted by molar-refractivity contribution is 5.73. The van der Waals surface area contributed by atoms with Crippen molar-refractivity contribution >= 4 is 5.97 Å². The highest BCUT2D eigenvalue weighted by Crippen LogP contribution is 2.20. The van der Waals surface area contributed by atoms with Gasteiger partial charge in [0.2, 0.25) is 0 Å². The van der Waals surface area contributed by atoms with Crippen molar-refractivity contribution in [1.29, 1.82) is 0 Å². The van der Waals surface area contributed by atoms with Crippen LogP contribution < -0.4 is 0 Å². The minimum absolute atomic E-state index is 0.0201. The Morgan fingerprint density at radius 3 is 2.69 bits per heavy atom. The molecule has 3 heteroatoms. The minimum atomic E-state index is -0.357. The van der Waals surface area contributed by atoms with Gasteiger partial charge in [-0.1, -0.05) is 6.92 Å². The van der Waals surface area contributed by atoms with E-state index < -0.39 is 0 Å². The molecule has 1 heterocycles. The summed E-state index contributed by atoms with van der Waals surface area (Å²) in [5.41, 5.74) is -0.357. The molecule has 0 bridgehead atoms. The fourth-order valence-corrected chi connectivity index (χ4v) is 2.15. The van der Waals surface area contributed by atoms with E-state index in [1.54, 1.807) is 0 Å². The number of rotatable bonds is 3. The van der Waals surface area contributed by atoms with Crippen LogP contribution in [0, 0.1) is 5.92 Å². The smallest absolute Gasteiger partial charge is 0.310 e. The summed E-state index contributed by atoms with van der Waals surface area (Å²) in [6.45, 7) is 11.1. The number of carbonyl (C=O) groups excluding carboxylic acids is 1. The lowest BCUT2D eigenvalue weighted by atomic mass is 9.97. The summed E-state index contributed by atoms with van der Waals surface area (Å²) in [5.74, 6) is 0.0628. The molecule has 0 radical (unpaired) electrons. The molecular formula is C13H25NO2. The molecule has 1 fully saturated rings. The van der Waals surface area contributed by atoms with Gasteiger partial charge in [0.15, 0.2) is 0 Å². The van der Waals surface area contributed by atoms with Crippen LogP contribution in [0.25, 0.3) is 0 Å². The molecule has 3 nitrogen and oxygen atoms in total. The van der Waals surface area contributed by atoms with E-state index in [2.05, 4.69) is 11.8 Å². The normalized spacial score (nSPS) is 23.1. The predicted molar refractivity (Wildman–Crippen MR) is 65.3 cm³/mol. The molecule has 1 rings (SSSR count). The minimum Gasteiger partial charge on any atom is -0.460 e. The Labute approximate surface area is 99.1 Å². The summed E-state index contributed by atoms with van der Waals surface area (Å²) in [4.78, 5) is 14.3. The third kappa shape index (κ3) is 4.52. The Kier molecular flexibility index (Phi) is 4.78. The molecule has 1 saturated heterocycles. The highest BCUT2D eigenvalue weighted by atomic mass is 16.6. The second-order valence-corrected chi connectivity index (χ2v) is 5.67. The van der Waals surface area contributed by atoms with E-state index in [-0.39, 0.29) is 17.5 Å². The summed E-state index contributed by atoms with van der Waals surface area (Å²) in [5, 5.41) is 0. The molecule has 1 aliphatic heterocycles. The summed E-state index contributed by atoms with van der Waals surface area (Å²) in [6, 6.07) is 0. The standard InChI is InChI=1S/C13H25NO2/c1-5-8-14-9-6-7-11(10-14)12(15)16-13(2,3)4/h11H,5-10H2,1-4H3. The number of esters is 1. The number of piperidine rings is 1. The summed E-state index contributed by atoms with van der Waals surface area (Å²) >= 11 is 0. The molecule has 1 atom stereocenters. The zero-order valence-electron chi connectivity index (χ0n) is 11.1. The van der Waals surface area contributed by atoms with Crippen LogP contribution in [0.4, 0.5) is 0 Å². The maximum absolute atomic E-state index is 11.9. The maximum Gasteiger partial charge on any atom is 0.310 e. The summed E-state index contributed by atoms with van der Waals surface area (Å²) in [6.07, 6.45) is 3.25. The number of ether oxygens (including phenoxy) is 1. The number of hydrogen-bond acceptors (Lipinski definition) is 3. The van der Waals surface area contributed by atoms with Crippen molar-refractivity contribution < 1.29 is 9.53 Å². The summed E-state index contributed by atoms with van der Waals surface area (Å²) in [7, 11) is 0. The third-order valence-electron chi connectivity index (χ3n) is 2.79. The molecule has 1 aliphatic rings. The quantitative estimate of drug-likeness (QED) is 0.694. The molecule has 0 amide bonds. The van der Waals surface area contributed by atoms with E-state index in [9.17, 15) is 4.79 Å². The first-order chi connectivity index (χ1) is 7.42. The molecule has 16 heavy (non-hydrogen) atoms. The average Bonchev–Trinajstić information content (AvgIpc) is 2.16. The first kappa shape index (κ1) is 13.5. The lowest BCUT2D eigenvalue weighted by molar-refractivity contribution is -0.161. The zero-order chi connectivity index (χ0) is 12.2. The molecule has 0 aromatic rings. The molecule has 0 saturated carbocycles. The van der Waals surface area contributed by atoms with E-state index in [0.29, 0.717) is 0 Å². The number of carbonyl (C=O) groups is 1. The molecule has 0 aromatic carbocycles. The summed E-state index contributed by atoms with van der Waals surface area (Å²) < 4.78 is 5.44. The Morgan fingerprint density at radius 2 is 2.12 bits per heavy atom. The van der Waals surface area contributed by atoms with Crippen molar-refractivity contribution in [3.05, 3.63) is 0 Å². The molecule has 0 aliphatic carbocycles. The zero-order valence-corrected chi connectivity index (χ0v) is 11.1. The van der Waals surface area contributed by atoms with Crippen LogP contribution in [0.3, 0.4) is 0 Å². The first-order valence-electron chi connectivity index (χ1n) is 6.37. The monoisotopic (exact) mass is 227 g/mol. The van der Waals surface area contributed by atoms with Gasteiger partial charge in [0, 0.05) is 6.54 Å². The van der Waals surface area contributed by atoms with Gasteiger partial charge in [-0.15, -0.1) is 0 Å². The number of hydrogen-bond donors (Lipinski definition) is 0. The van der Waals surface area contributed by atoms with Gasteiger partial charge >= 0.3 is 5.97 Å². The Morgan fingerprint density at radius 1 is 1.44 bits per heavy atom. The Bertz CT molecular complexity index is 231. The van der Waals surface area contributed by atoms with E-state index in [0.717, 1.165) is 38.9 Å². The topological polar surface area (TPSA) is 29.5 Å². The van der Waals surface area contributed by atoms with Gasteiger partial charge in [0.1, 0.15) is 5.60 Å². The second kappa shape index (κ2) is 5.67. The van der Waals surface area contributed by atoms with Crippen LogP contribution in [0.5, 0.6) is 0 Å². The van der Waals surface area contributed by atoms with Gasteiger partial charge in [-0.25, -0.2) is 0 Å². The average molecular weight is 227 g/mol. The lowest BCUT2D eigenvalue weighted by Crippen LogP contribution is -2.41. The molecule has 0 N–H and O–H groups in total. The molecule has 0 aromatic heterocycles. The van der Waals surface area contributed by atoms with Crippen molar-refractivity contribution in [2.24, 2.45) is 5.92 Å². The van der Waals surface area contributed by atoms with Gasteiger partial charge in [0.25, 0.3) is 0 Å². The van der Waals surface area contributed by atoms with Crippen LogP contribution in [0.1, 0.15) is 47.0 Å². The largest absolute Gasteiger partial charge is 0.460 e. The first-order valence-corrected chi connectivity index (χ1v) is 6.37. The SMILES string of the molecule is CCCN1CCCC(C(=O)OC(C)(C)C)C1. The number of likely N-dealkylation sites (tertiary alicyclic amines) is 1. The highest BCUT2D eigenvalue weighted by Gasteiger charge is 2.29. The molecule has 1 unspecified atom stereocenters. The molecular weight excluding hydrogens is 202 g/mol. The van der Waals surface area contributed by atoms with Gasteiger partial charge in [0.05, 0.1) is 5.92 Å². The van der Waals surface area contributed by atoms with Crippen LogP contribution in [0.2, 0.25) is 0 Å². The van der Waals surface area contributed by atoms with Crippen molar-refractivity contribution in [3.63, 3.8) is 0 Å². The lowest BCUT2D eigenvalue weighted by Gasteiger charge is -2.32. The predicted octanol–water partition coefficient (Wildman–Crippen LogP) is 2.45. The Hall–Kier alpha value is -0.570. The van der Waals surface area contributed by atoms with Crippen LogP contribution >= 0.6 is 0 Å². The fraction of sp³-hybridized carbons (Fsp3) is 0.923. The van der Waals surface area contributed by atoms with Gasteiger partial charge in [-0.3, -0.25) is 4.79 Å². The third-order valence-corrected chi connectivity index (χ3v) is 2.79. The van der Waals surface area contributed by atoms with Crippen LogP contribution in [-0.4, -0.2) is 36.1 Å². The van der Waals surface area contributed by atoms with Crippen molar-refractivity contribution in [2.75, 3.05) is 19.6 Å². The van der Waals surface area contributed by atoms with E-state index in [1.807, 2.05) is 20.8 Å². The second-order valence-electron chi connectivity index (χ2n) is 5.67. The fourth-order valence-electron chi connectivity index (χ4n) is 2.15.